The number of amides is 1. The number of carbonyl (C=O) groups excluding carboxylic acids is 1. The van der Waals surface area contributed by atoms with E-state index in [1.165, 1.54) is 0 Å². The van der Waals surface area contributed by atoms with Gasteiger partial charge in [-0.1, -0.05) is 43.2 Å². The molecular weight excluding hydrogens is 254 g/mol. The van der Waals surface area contributed by atoms with Gasteiger partial charge in [0.15, 0.2) is 0 Å². The highest BCUT2D eigenvalue weighted by molar-refractivity contribution is 5.82. The molecule has 4 heteroatoms. The zero-order chi connectivity index (χ0) is 14.4. The van der Waals surface area contributed by atoms with Crippen LogP contribution in [0, 0.1) is 5.92 Å². The van der Waals surface area contributed by atoms with Crippen LogP contribution in [0.1, 0.15) is 37.7 Å². The zero-order valence-electron chi connectivity index (χ0n) is 11.5. The molecule has 0 spiro atoms. The lowest BCUT2D eigenvalue weighted by Crippen LogP contribution is -2.44. The Balaban J connectivity index is 1.90. The van der Waals surface area contributed by atoms with Crippen LogP contribution in [0.15, 0.2) is 30.3 Å². The maximum Gasteiger partial charge on any atom is 0.404 e. The van der Waals surface area contributed by atoms with Gasteiger partial charge in [0.1, 0.15) is 5.78 Å². The summed E-state index contributed by atoms with van der Waals surface area (Å²) in [5, 5.41) is 11.4. The number of benzene rings is 1. The average molecular weight is 275 g/mol. The molecule has 1 saturated carbocycles. The van der Waals surface area contributed by atoms with Crippen molar-refractivity contribution in [3.05, 3.63) is 35.9 Å². The van der Waals surface area contributed by atoms with E-state index in [9.17, 15) is 9.59 Å². The molecule has 1 fully saturated rings. The lowest BCUT2D eigenvalue weighted by atomic mass is 9.80. The summed E-state index contributed by atoms with van der Waals surface area (Å²) >= 11 is 0. The summed E-state index contributed by atoms with van der Waals surface area (Å²) in [7, 11) is 0. The van der Waals surface area contributed by atoms with Crippen molar-refractivity contribution in [3.63, 3.8) is 0 Å². The Labute approximate surface area is 119 Å². The maximum absolute atomic E-state index is 12.3. The Hall–Kier alpha value is -1.84. The summed E-state index contributed by atoms with van der Waals surface area (Å²) in [5.41, 5.74) is 1.15. The minimum absolute atomic E-state index is 0.149. The van der Waals surface area contributed by atoms with Crippen LogP contribution >= 0.6 is 0 Å². The third-order valence-corrected chi connectivity index (χ3v) is 3.99. The molecule has 0 bridgehead atoms. The quantitative estimate of drug-likeness (QED) is 0.868. The van der Waals surface area contributed by atoms with E-state index in [0.29, 0.717) is 6.42 Å². The van der Waals surface area contributed by atoms with Gasteiger partial charge in [-0.2, -0.15) is 0 Å². The van der Waals surface area contributed by atoms with Gasteiger partial charge in [0, 0.05) is 18.4 Å². The molecule has 1 aliphatic carbocycles. The Morgan fingerprint density at radius 2 is 1.85 bits per heavy atom. The van der Waals surface area contributed by atoms with Crippen LogP contribution in [0.3, 0.4) is 0 Å². The van der Waals surface area contributed by atoms with E-state index in [1.54, 1.807) is 0 Å². The summed E-state index contributed by atoms with van der Waals surface area (Å²) in [4.78, 5) is 23.1. The first-order valence-corrected chi connectivity index (χ1v) is 7.23. The summed E-state index contributed by atoms with van der Waals surface area (Å²) < 4.78 is 0. The number of nitrogens with one attached hydrogen (secondary N) is 1. The molecule has 0 aliphatic heterocycles. The maximum atomic E-state index is 12.3. The Kier molecular flexibility index (Phi) is 5.16. The van der Waals surface area contributed by atoms with Crippen molar-refractivity contribution in [3.8, 4) is 0 Å². The molecule has 2 N–H and O–H groups in total. The molecule has 108 valence electrons. The van der Waals surface area contributed by atoms with Crippen molar-refractivity contribution >= 4 is 11.9 Å². The van der Waals surface area contributed by atoms with Crippen molar-refractivity contribution < 1.29 is 14.7 Å². The summed E-state index contributed by atoms with van der Waals surface area (Å²) in [5.74, 6) is 0.0378. The lowest BCUT2D eigenvalue weighted by Gasteiger charge is -2.30. The van der Waals surface area contributed by atoms with E-state index < -0.39 is 6.09 Å². The third-order valence-electron chi connectivity index (χ3n) is 3.99. The minimum Gasteiger partial charge on any atom is -0.465 e. The Bertz CT molecular complexity index is 458. The molecule has 0 aromatic heterocycles. The van der Waals surface area contributed by atoms with Crippen LogP contribution < -0.4 is 5.32 Å². The minimum atomic E-state index is -1.03. The highest BCUT2D eigenvalue weighted by Gasteiger charge is 2.31. The first-order chi connectivity index (χ1) is 9.66. The molecule has 2 unspecified atom stereocenters. The number of hydrogen-bond acceptors (Lipinski definition) is 2. The normalized spacial score (nSPS) is 22.2. The topological polar surface area (TPSA) is 66.4 Å². The highest BCUT2D eigenvalue weighted by atomic mass is 16.4. The molecule has 2 atom stereocenters. The summed E-state index contributed by atoms with van der Waals surface area (Å²) in [6.45, 7) is 0. The summed E-state index contributed by atoms with van der Waals surface area (Å²) in [6.07, 6.45) is 3.78. The van der Waals surface area contributed by atoms with Crippen molar-refractivity contribution in [1.82, 2.24) is 5.32 Å². The van der Waals surface area contributed by atoms with Gasteiger partial charge in [-0.05, 0) is 24.8 Å². The van der Waals surface area contributed by atoms with Gasteiger partial charge in [0.2, 0.25) is 0 Å². The second kappa shape index (κ2) is 7.08. The van der Waals surface area contributed by atoms with Crippen molar-refractivity contribution in [2.24, 2.45) is 5.92 Å². The first kappa shape index (κ1) is 14.6. The number of ketones is 1. The fourth-order valence-corrected chi connectivity index (χ4v) is 2.95. The SMILES string of the molecule is O=C(O)NC1CCCCC1C(=O)CCc1ccccc1. The van der Waals surface area contributed by atoms with Crippen LogP contribution in [0.25, 0.3) is 0 Å². The molecule has 0 heterocycles. The smallest absolute Gasteiger partial charge is 0.404 e. The fraction of sp³-hybridized carbons (Fsp3) is 0.500. The van der Waals surface area contributed by atoms with Gasteiger partial charge < -0.3 is 10.4 Å². The van der Waals surface area contributed by atoms with Crippen LogP contribution in [0.5, 0.6) is 0 Å². The van der Waals surface area contributed by atoms with Crippen LogP contribution in [0.2, 0.25) is 0 Å². The molecule has 2 rings (SSSR count). The molecule has 1 aromatic carbocycles. The molecule has 20 heavy (non-hydrogen) atoms. The standard InChI is InChI=1S/C16H21NO3/c18-15(11-10-12-6-2-1-3-7-12)13-8-4-5-9-14(13)17-16(19)20/h1-3,6-7,13-14,17H,4-5,8-11H2,(H,19,20). The van der Waals surface area contributed by atoms with Gasteiger partial charge in [-0.15, -0.1) is 0 Å². The predicted octanol–water partition coefficient (Wildman–Crippen LogP) is 3.01. The van der Waals surface area contributed by atoms with E-state index >= 15 is 0 Å². The van der Waals surface area contributed by atoms with Gasteiger partial charge in [0.25, 0.3) is 0 Å². The largest absolute Gasteiger partial charge is 0.465 e. The van der Waals surface area contributed by atoms with E-state index in [2.05, 4.69) is 5.32 Å². The monoisotopic (exact) mass is 275 g/mol. The summed E-state index contributed by atoms with van der Waals surface area (Å²) in [6, 6.07) is 9.72. The number of Topliss-reactive ketones (excluding diaryl/α,β-unsaturated/α-hetero) is 1. The number of hydrogen-bond donors (Lipinski definition) is 2. The molecule has 4 nitrogen and oxygen atoms in total. The van der Waals surface area contributed by atoms with Crippen LogP contribution in [-0.2, 0) is 11.2 Å². The van der Waals surface area contributed by atoms with E-state index in [1.807, 2.05) is 30.3 Å². The number of carbonyl (C=O) groups is 2. The molecule has 1 amide bonds. The third kappa shape index (κ3) is 4.08. The van der Waals surface area contributed by atoms with Crippen LogP contribution in [-0.4, -0.2) is 23.0 Å². The highest BCUT2D eigenvalue weighted by Crippen LogP contribution is 2.26. The van der Waals surface area contributed by atoms with Gasteiger partial charge in [-0.25, -0.2) is 4.79 Å². The van der Waals surface area contributed by atoms with Gasteiger partial charge in [0.05, 0.1) is 0 Å². The van der Waals surface area contributed by atoms with E-state index in [0.717, 1.165) is 37.7 Å². The average Bonchev–Trinajstić information content (AvgIpc) is 2.46. The van der Waals surface area contributed by atoms with E-state index in [-0.39, 0.29) is 17.7 Å². The molecule has 0 saturated heterocycles. The lowest BCUT2D eigenvalue weighted by molar-refractivity contribution is -0.124. The first-order valence-electron chi connectivity index (χ1n) is 7.23. The molecule has 1 aromatic rings. The Morgan fingerprint density at radius 3 is 2.55 bits per heavy atom. The molecule has 1 aliphatic rings. The Morgan fingerprint density at radius 1 is 1.15 bits per heavy atom. The van der Waals surface area contributed by atoms with Crippen molar-refractivity contribution in [2.75, 3.05) is 0 Å². The van der Waals surface area contributed by atoms with Gasteiger partial charge >= 0.3 is 6.09 Å². The molecular formula is C16H21NO3. The van der Waals surface area contributed by atoms with E-state index in [4.69, 9.17) is 5.11 Å². The predicted molar refractivity (Wildman–Crippen MR) is 76.7 cm³/mol. The van der Waals surface area contributed by atoms with Crippen LogP contribution in [0.4, 0.5) is 4.79 Å². The van der Waals surface area contributed by atoms with Crippen molar-refractivity contribution in [1.29, 1.82) is 0 Å². The zero-order valence-corrected chi connectivity index (χ0v) is 11.5. The fourth-order valence-electron chi connectivity index (χ4n) is 2.95. The number of rotatable bonds is 5. The number of aryl methyl sites for hydroxylation is 1. The second-order valence-electron chi connectivity index (χ2n) is 5.40. The molecule has 0 radical (unpaired) electrons. The van der Waals surface area contributed by atoms with Gasteiger partial charge in [-0.3, -0.25) is 4.79 Å². The second-order valence-corrected chi connectivity index (χ2v) is 5.40. The van der Waals surface area contributed by atoms with Crippen molar-refractivity contribution in [2.45, 2.75) is 44.6 Å². The number of carboxylic acid groups (broad SMARTS) is 1.